The predicted molar refractivity (Wildman–Crippen MR) is 85.8 cm³/mol. The summed E-state index contributed by atoms with van der Waals surface area (Å²) in [5, 5.41) is 3.19. The van der Waals surface area contributed by atoms with E-state index >= 15 is 0 Å². The molecular weight excluding hydrogens is 278 g/mol. The summed E-state index contributed by atoms with van der Waals surface area (Å²) in [6.45, 7) is 5.84. The Balaban J connectivity index is 1.45. The zero-order valence-electron chi connectivity index (χ0n) is 13.2. The highest BCUT2D eigenvalue weighted by Gasteiger charge is 2.25. The Labute approximate surface area is 131 Å². The molecule has 6 heteroatoms. The molecule has 0 bridgehead atoms. The maximum absolute atomic E-state index is 12.3. The van der Waals surface area contributed by atoms with Crippen molar-refractivity contribution in [3.8, 4) is 0 Å². The topological polar surface area (TPSA) is 61.4 Å². The van der Waals surface area contributed by atoms with Crippen LogP contribution in [0.2, 0.25) is 0 Å². The second-order valence-electron chi connectivity index (χ2n) is 6.43. The molecule has 3 rings (SSSR count). The van der Waals surface area contributed by atoms with Crippen molar-refractivity contribution in [1.29, 1.82) is 0 Å². The summed E-state index contributed by atoms with van der Waals surface area (Å²) in [5.41, 5.74) is 0. The molecule has 2 saturated heterocycles. The van der Waals surface area contributed by atoms with Crippen molar-refractivity contribution < 1.29 is 4.79 Å². The second-order valence-corrected chi connectivity index (χ2v) is 6.43. The predicted octanol–water partition coefficient (Wildman–Crippen LogP) is 1.89. The number of hydrogen-bond acceptors (Lipinski definition) is 4. The van der Waals surface area contributed by atoms with Crippen molar-refractivity contribution in [2.75, 3.05) is 31.1 Å². The quantitative estimate of drug-likeness (QED) is 0.906. The van der Waals surface area contributed by atoms with E-state index in [-0.39, 0.29) is 12.1 Å². The lowest BCUT2D eigenvalue weighted by Gasteiger charge is -2.35. The van der Waals surface area contributed by atoms with Gasteiger partial charge in [-0.15, -0.1) is 0 Å². The van der Waals surface area contributed by atoms with Gasteiger partial charge in [0, 0.05) is 44.6 Å². The Morgan fingerprint density at radius 1 is 1.09 bits per heavy atom. The van der Waals surface area contributed by atoms with E-state index in [0.717, 1.165) is 63.7 Å². The third kappa shape index (κ3) is 3.67. The summed E-state index contributed by atoms with van der Waals surface area (Å²) in [6, 6.07) is 2.21. The molecule has 120 valence electrons. The average Bonchev–Trinajstić information content (AvgIpc) is 2.57. The Hall–Kier alpha value is -1.85. The minimum absolute atomic E-state index is 0.112. The SMILES string of the molecule is CC1CCN(C(=O)NC2CCN(c3ncccn3)CC2)CC1. The number of rotatable bonds is 2. The molecule has 0 spiro atoms. The Morgan fingerprint density at radius 2 is 1.73 bits per heavy atom. The van der Waals surface area contributed by atoms with Crippen LogP contribution < -0.4 is 10.2 Å². The number of nitrogens with zero attached hydrogens (tertiary/aromatic N) is 4. The van der Waals surface area contributed by atoms with E-state index in [0.29, 0.717) is 0 Å². The van der Waals surface area contributed by atoms with Gasteiger partial charge in [0.2, 0.25) is 5.95 Å². The molecule has 0 aromatic carbocycles. The van der Waals surface area contributed by atoms with Crippen LogP contribution in [0.3, 0.4) is 0 Å². The molecule has 6 nitrogen and oxygen atoms in total. The third-order valence-corrected chi connectivity index (χ3v) is 4.73. The van der Waals surface area contributed by atoms with Crippen molar-refractivity contribution in [2.45, 2.75) is 38.6 Å². The fourth-order valence-corrected chi connectivity index (χ4v) is 3.16. The molecule has 22 heavy (non-hydrogen) atoms. The van der Waals surface area contributed by atoms with Gasteiger partial charge in [0.25, 0.3) is 0 Å². The molecule has 2 fully saturated rings. The summed E-state index contributed by atoms with van der Waals surface area (Å²) < 4.78 is 0. The van der Waals surface area contributed by atoms with Crippen LogP contribution in [0, 0.1) is 5.92 Å². The zero-order valence-corrected chi connectivity index (χ0v) is 13.2. The van der Waals surface area contributed by atoms with Crippen LogP contribution in [0.25, 0.3) is 0 Å². The van der Waals surface area contributed by atoms with Gasteiger partial charge in [-0.3, -0.25) is 0 Å². The first kappa shape index (κ1) is 15.1. The average molecular weight is 303 g/mol. The Kier molecular flexibility index (Phi) is 4.75. The standard InChI is InChI=1S/C16H25N5O/c1-13-3-9-21(10-4-13)16(22)19-14-5-11-20(12-6-14)15-17-7-2-8-18-15/h2,7-8,13-14H,3-6,9-12H2,1H3,(H,19,22). The molecular formula is C16H25N5O. The van der Waals surface area contributed by atoms with Gasteiger partial charge >= 0.3 is 6.03 Å². The smallest absolute Gasteiger partial charge is 0.317 e. The first-order valence-corrected chi connectivity index (χ1v) is 8.30. The number of hydrogen-bond donors (Lipinski definition) is 1. The van der Waals surface area contributed by atoms with E-state index in [9.17, 15) is 4.79 Å². The van der Waals surface area contributed by atoms with Crippen LogP contribution in [0.4, 0.5) is 10.7 Å². The van der Waals surface area contributed by atoms with Crippen molar-refractivity contribution >= 4 is 12.0 Å². The summed E-state index contributed by atoms with van der Waals surface area (Å²) in [6.07, 6.45) is 7.69. The lowest BCUT2D eigenvalue weighted by molar-refractivity contribution is 0.168. The number of amides is 2. The molecule has 2 aliphatic rings. The van der Waals surface area contributed by atoms with E-state index in [2.05, 4.69) is 27.1 Å². The van der Waals surface area contributed by atoms with Crippen molar-refractivity contribution in [1.82, 2.24) is 20.2 Å². The van der Waals surface area contributed by atoms with Gasteiger partial charge in [-0.25, -0.2) is 14.8 Å². The first-order chi connectivity index (χ1) is 10.7. The number of aromatic nitrogens is 2. The van der Waals surface area contributed by atoms with Gasteiger partial charge in [0.1, 0.15) is 0 Å². The van der Waals surface area contributed by atoms with E-state index in [1.165, 1.54) is 0 Å². The second kappa shape index (κ2) is 6.94. The monoisotopic (exact) mass is 303 g/mol. The number of carbonyl (C=O) groups excluding carboxylic acids is 1. The van der Waals surface area contributed by atoms with Crippen molar-refractivity contribution in [3.05, 3.63) is 18.5 Å². The molecule has 0 radical (unpaired) electrons. The highest BCUT2D eigenvalue weighted by Crippen LogP contribution is 2.18. The maximum Gasteiger partial charge on any atom is 0.317 e. The number of likely N-dealkylation sites (tertiary alicyclic amines) is 1. The lowest BCUT2D eigenvalue weighted by atomic mass is 9.99. The first-order valence-electron chi connectivity index (χ1n) is 8.30. The third-order valence-electron chi connectivity index (χ3n) is 4.73. The summed E-state index contributed by atoms with van der Waals surface area (Å²) in [7, 11) is 0. The Morgan fingerprint density at radius 3 is 2.36 bits per heavy atom. The number of carbonyl (C=O) groups is 1. The number of piperidine rings is 2. The van der Waals surface area contributed by atoms with Crippen LogP contribution in [-0.2, 0) is 0 Å². The summed E-state index contributed by atoms with van der Waals surface area (Å²) in [4.78, 5) is 25.0. The van der Waals surface area contributed by atoms with E-state index < -0.39 is 0 Å². The molecule has 0 atom stereocenters. The van der Waals surface area contributed by atoms with Gasteiger partial charge in [-0.1, -0.05) is 6.92 Å². The minimum Gasteiger partial charge on any atom is -0.341 e. The highest BCUT2D eigenvalue weighted by atomic mass is 16.2. The van der Waals surface area contributed by atoms with Gasteiger partial charge < -0.3 is 15.1 Å². The van der Waals surface area contributed by atoms with Gasteiger partial charge in [-0.05, 0) is 37.7 Å². The summed E-state index contributed by atoms with van der Waals surface area (Å²) in [5.74, 6) is 1.54. The number of urea groups is 1. The zero-order chi connectivity index (χ0) is 15.4. The van der Waals surface area contributed by atoms with Crippen molar-refractivity contribution in [2.24, 2.45) is 5.92 Å². The molecule has 0 unspecified atom stereocenters. The van der Waals surface area contributed by atoms with E-state index in [4.69, 9.17) is 0 Å². The normalized spacial score (nSPS) is 21.0. The van der Waals surface area contributed by atoms with Gasteiger partial charge in [0.05, 0.1) is 0 Å². The molecule has 2 amide bonds. The molecule has 1 aromatic heterocycles. The minimum atomic E-state index is 0.112. The Bertz CT molecular complexity index is 479. The molecule has 2 aliphatic heterocycles. The molecule has 1 aromatic rings. The molecule has 1 N–H and O–H groups in total. The largest absolute Gasteiger partial charge is 0.341 e. The van der Waals surface area contributed by atoms with Crippen LogP contribution >= 0.6 is 0 Å². The van der Waals surface area contributed by atoms with Crippen molar-refractivity contribution in [3.63, 3.8) is 0 Å². The van der Waals surface area contributed by atoms with Crippen LogP contribution in [0.5, 0.6) is 0 Å². The summed E-state index contributed by atoms with van der Waals surface area (Å²) >= 11 is 0. The van der Waals surface area contributed by atoms with E-state index in [1.807, 2.05) is 11.0 Å². The fourth-order valence-electron chi connectivity index (χ4n) is 3.16. The van der Waals surface area contributed by atoms with Gasteiger partial charge in [0.15, 0.2) is 0 Å². The van der Waals surface area contributed by atoms with Crippen LogP contribution in [-0.4, -0.2) is 53.1 Å². The van der Waals surface area contributed by atoms with Gasteiger partial charge in [-0.2, -0.15) is 0 Å². The number of anilines is 1. The van der Waals surface area contributed by atoms with E-state index in [1.54, 1.807) is 12.4 Å². The molecule has 3 heterocycles. The fraction of sp³-hybridized carbons (Fsp3) is 0.688. The number of nitrogens with one attached hydrogen (secondary N) is 1. The van der Waals surface area contributed by atoms with Crippen LogP contribution in [0.1, 0.15) is 32.6 Å². The molecule has 0 saturated carbocycles. The highest BCUT2D eigenvalue weighted by molar-refractivity contribution is 5.74. The lowest BCUT2D eigenvalue weighted by Crippen LogP contribution is -2.51. The molecule has 0 aliphatic carbocycles. The maximum atomic E-state index is 12.3. The van der Waals surface area contributed by atoms with Crippen LogP contribution in [0.15, 0.2) is 18.5 Å².